The van der Waals surface area contributed by atoms with Crippen molar-refractivity contribution in [1.29, 1.82) is 0 Å². The predicted octanol–water partition coefficient (Wildman–Crippen LogP) is 5.46. The van der Waals surface area contributed by atoms with Crippen molar-refractivity contribution in [2.75, 3.05) is 10.6 Å². The number of aryl methyl sites for hydroxylation is 1. The highest BCUT2D eigenvalue weighted by atomic mass is 19.4. The smallest absolute Gasteiger partial charge is 0.324 e. The van der Waals surface area contributed by atoms with E-state index < -0.39 is 23.5 Å². The first-order valence-electron chi connectivity index (χ1n) is 11.4. The van der Waals surface area contributed by atoms with Gasteiger partial charge in [0.1, 0.15) is 5.82 Å². The van der Waals surface area contributed by atoms with Gasteiger partial charge >= 0.3 is 6.18 Å². The molecule has 1 aliphatic rings. The highest BCUT2D eigenvalue weighted by Gasteiger charge is 2.33. The van der Waals surface area contributed by atoms with Gasteiger partial charge in [0.25, 0.3) is 0 Å². The quantitative estimate of drug-likeness (QED) is 0.320. The van der Waals surface area contributed by atoms with Crippen LogP contribution in [0.5, 0.6) is 0 Å². The summed E-state index contributed by atoms with van der Waals surface area (Å²) in [6.45, 7) is 1.23. The number of amides is 1. The number of rotatable bonds is 7. The minimum atomic E-state index is -4.60. The number of carbonyl (C=O) groups is 1. The molecule has 3 heterocycles. The molecule has 1 fully saturated rings. The second kappa shape index (κ2) is 9.60. The Bertz CT molecular complexity index is 1450. The number of anilines is 3. The van der Waals surface area contributed by atoms with Crippen LogP contribution in [-0.2, 0) is 17.4 Å². The number of halogens is 4. The van der Waals surface area contributed by atoms with Crippen LogP contribution in [0, 0.1) is 12.7 Å². The lowest BCUT2D eigenvalue weighted by Gasteiger charge is -2.12. The van der Waals surface area contributed by atoms with E-state index in [-0.39, 0.29) is 23.4 Å². The average molecular weight is 511 g/mol. The maximum absolute atomic E-state index is 14.7. The molecule has 1 saturated carbocycles. The molecule has 2 N–H and O–H groups in total. The Hall–Kier alpha value is -4.35. The van der Waals surface area contributed by atoms with Crippen LogP contribution < -0.4 is 10.6 Å². The monoisotopic (exact) mass is 511 g/mol. The van der Waals surface area contributed by atoms with E-state index in [2.05, 4.69) is 30.7 Å². The molecule has 0 radical (unpaired) electrons. The van der Waals surface area contributed by atoms with Crippen molar-refractivity contribution in [2.45, 2.75) is 38.4 Å². The fraction of sp³-hybridized carbons (Fsp3) is 0.240. The van der Waals surface area contributed by atoms with E-state index in [4.69, 9.17) is 0 Å². The number of hydrogen-bond donors (Lipinski definition) is 2. The van der Waals surface area contributed by atoms with Crippen LogP contribution in [0.15, 0.2) is 55.2 Å². The van der Waals surface area contributed by atoms with Gasteiger partial charge in [0.15, 0.2) is 0 Å². The minimum absolute atomic E-state index is 0.0873. The van der Waals surface area contributed by atoms with Crippen LogP contribution in [0.1, 0.15) is 35.7 Å². The largest absolute Gasteiger partial charge is 0.418 e. The summed E-state index contributed by atoms with van der Waals surface area (Å²) in [6, 6.07) is 5.58. The molecular weight excluding hydrogens is 490 g/mol. The molecule has 1 aromatic carbocycles. The summed E-state index contributed by atoms with van der Waals surface area (Å²) < 4.78 is 55.9. The minimum Gasteiger partial charge on any atom is -0.324 e. The van der Waals surface area contributed by atoms with Crippen molar-refractivity contribution < 1.29 is 22.4 Å². The van der Waals surface area contributed by atoms with Gasteiger partial charge in [0.2, 0.25) is 11.9 Å². The van der Waals surface area contributed by atoms with Crippen LogP contribution in [-0.4, -0.2) is 30.6 Å². The van der Waals surface area contributed by atoms with Crippen molar-refractivity contribution in [3.05, 3.63) is 77.9 Å². The Morgan fingerprint density at radius 3 is 2.46 bits per heavy atom. The van der Waals surface area contributed by atoms with E-state index in [1.165, 1.54) is 19.1 Å². The fourth-order valence-electron chi connectivity index (χ4n) is 3.75. The fourth-order valence-corrected chi connectivity index (χ4v) is 3.75. The first kappa shape index (κ1) is 24.3. The van der Waals surface area contributed by atoms with Crippen LogP contribution in [0.4, 0.5) is 34.9 Å². The number of alkyl halides is 3. The second-order valence-corrected chi connectivity index (χ2v) is 8.75. The van der Waals surface area contributed by atoms with Gasteiger partial charge in [0, 0.05) is 29.8 Å². The topological polar surface area (TPSA) is 97.6 Å². The molecule has 12 heteroatoms. The third-order valence-electron chi connectivity index (χ3n) is 5.84. The lowest BCUT2D eigenvalue weighted by atomic mass is 10.0. The van der Waals surface area contributed by atoms with Crippen molar-refractivity contribution in [3.63, 3.8) is 0 Å². The molecule has 8 nitrogen and oxygen atoms in total. The number of nitrogens with one attached hydrogen (secondary N) is 2. The van der Waals surface area contributed by atoms with Crippen LogP contribution >= 0.6 is 0 Å². The zero-order valence-electron chi connectivity index (χ0n) is 19.6. The summed E-state index contributed by atoms with van der Waals surface area (Å²) in [7, 11) is 0. The SMILES string of the molecule is Cc1ncc(NC(=O)Cc2ccc(-c3cnc(Nc4cnn(C5CC5)c4)nc3)cc2F)cc1C(F)(F)F. The van der Waals surface area contributed by atoms with E-state index in [0.717, 1.165) is 30.8 Å². The standard InChI is InChI=1S/C25H21F4N7O/c1-14-21(25(27,28)29)8-18(11-30-14)34-23(37)7-16-3-2-15(6-22(16)26)17-9-31-24(32-10-17)35-19-12-33-36(13-19)20-4-5-20/h2-3,6,8-13,20H,4-5,7H2,1H3,(H,34,37)(H,31,32,35). The number of hydrogen-bond acceptors (Lipinski definition) is 6. The Balaban J connectivity index is 1.22. The maximum Gasteiger partial charge on any atom is 0.418 e. The molecule has 37 heavy (non-hydrogen) atoms. The van der Waals surface area contributed by atoms with E-state index in [0.29, 0.717) is 23.1 Å². The molecule has 5 rings (SSSR count). The van der Waals surface area contributed by atoms with Crippen LogP contribution in [0.3, 0.4) is 0 Å². The van der Waals surface area contributed by atoms with Gasteiger partial charge in [-0.1, -0.05) is 12.1 Å². The van der Waals surface area contributed by atoms with Gasteiger partial charge in [-0.05, 0) is 43.0 Å². The Labute approximate surface area is 208 Å². The molecule has 0 atom stereocenters. The second-order valence-electron chi connectivity index (χ2n) is 8.75. The van der Waals surface area contributed by atoms with E-state index >= 15 is 0 Å². The van der Waals surface area contributed by atoms with Gasteiger partial charge in [-0.15, -0.1) is 0 Å². The molecular formula is C25H21F4N7O. The van der Waals surface area contributed by atoms with E-state index in [1.807, 2.05) is 10.9 Å². The molecule has 4 aromatic rings. The summed E-state index contributed by atoms with van der Waals surface area (Å²) in [5.74, 6) is -0.943. The van der Waals surface area contributed by atoms with E-state index in [1.54, 1.807) is 24.7 Å². The van der Waals surface area contributed by atoms with Gasteiger partial charge in [-0.25, -0.2) is 14.4 Å². The van der Waals surface area contributed by atoms with Gasteiger partial charge in [0.05, 0.1) is 41.8 Å². The highest BCUT2D eigenvalue weighted by molar-refractivity contribution is 5.92. The number of carbonyl (C=O) groups excluding carboxylic acids is 1. The summed E-state index contributed by atoms with van der Waals surface area (Å²) in [5, 5.41) is 9.71. The van der Waals surface area contributed by atoms with Crippen molar-refractivity contribution in [3.8, 4) is 11.1 Å². The zero-order chi connectivity index (χ0) is 26.2. The normalized spacial score (nSPS) is 13.4. The predicted molar refractivity (Wildman–Crippen MR) is 128 cm³/mol. The first-order valence-corrected chi connectivity index (χ1v) is 11.4. The first-order chi connectivity index (χ1) is 17.7. The molecule has 0 aliphatic heterocycles. The zero-order valence-corrected chi connectivity index (χ0v) is 19.6. The molecule has 1 aliphatic carbocycles. The summed E-state index contributed by atoms with van der Waals surface area (Å²) in [6.07, 6.45) is 5.09. The molecule has 0 bridgehead atoms. The average Bonchev–Trinajstić information content (AvgIpc) is 3.60. The Kier molecular flexibility index (Phi) is 6.32. The Morgan fingerprint density at radius 2 is 1.78 bits per heavy atom. The number of benzene rings is 1. The summed E-state index contributed by atoms with van der Waals surface area (Å²) in [4.78, 5) is 24.6. The molecule has 0 saturated heterocycles. The van der Waals surface area contributed by atoms with Crippen molar-refractivity contribution in [1.82, 2.24) is 24.7 Å². The molecule has 3 aromatic heterocycles. The molecule has 1 amide bonds. The molecule has 190 valence electrons. The Morgan fingerprint density at radius 1 is 1.03 bits per heavy atom. The van der Waals surface area contributed by atoms with Gasteiger partial charge < -0.3 is 10.6 Å². The number of aromatic nitrogens is 5. The summed E-state index contributed by atoms with van der Waals surface area (Å²) >= 11 is 0. The lowest BCUT2D eigenvalue weighted by Crippen LogP contribution is -2.17. The van der Waals surface area contributed by atoms with Gasteiger partial charge in [-0.2, -0.15) is 18.3 Å². The maximum atomic E-state index is 14.7. The number of nitrogens with zero attached hydrogens (tertiary/aromatic N) is 5. The van der Waals surface area contributed by atoms with Crippen LogP contribution in [0.25, 0.3) is 11.1 Å². The van der Waals surface area contributed by atoms with Crippen LogP contribution in [0.2, 0.25) is 0 Å². The molecule has 0 unspecified atom stereocenters. The molecule has 0 spiro atoms. The van der Waals surface area contributed by atoms with Crippen molar-refractivity contribution >= 4 is 23.2 Å². The third-order valence-corrected chi connectivity index (χ3v) is 5.84. The van der Waals surface area contributed by atoms with Gasteiger partial charge in [-0.3, -0.25) is 14.5 Å². The van der Waals surface area contributed by atoms with Crippen molar-refractivity contribution in [2.24, 2.45) is 0 Å². The highest BCUT2D eigenvalue weighted by Crippen LogP contribution is 2.35. The summed E-state index contributed by atoms with van der Waals surface area (Å²) in [5.41, 5.74) is 0.661. The van der Waals surface area contributed by atoms with E-state index in [9.17, 15) is 22.4 Å². The number of pyridine rings is 1. The lowest BCUT2D eigenvalue weighted by molar-refractivity contribution is -0.138. The third kappa shape index (κ3) is 5.74.